The number of aliphatic imine (C=N–C) groups is 1. The van der Waals surface area contributed by atoms with E-state index in [2.05, 4.69) is 27.4 Å². The predicted octanol–water partition coefficient (Wildman–Crippen LogP) is 3.57. The van der Waals surface area contributed by atoms with Crippen molar-refractivity contribution in [1.29, 1.82) is 0 Å². The molecular weight excluding hydrogens is 435 g/mol. The summed E-state index contributed by atoms with van der Waals surface area (Å²) >= 11 is 1.67. The minimum Gasteiger partial charge on any atom is -0.382 e. The summed E-state index contributed by atoms with van der Waals surface area (Å²) in [6, 6.07) is 10.2. The Kier molecular flexibility index (Phi) is 9.89. The van der Waals surface area contributed by atoms with Gasteiger partial charge in [-0.2, -0.15) is 0 Å². The Morgan fingerprint density at radius 3 is 2.79 bits per heavy atom. The van der Waals surface area contributed by atoms with E-state index in [-0.39, 0.29) is 24.0 Å². The number of nitrogens with two attached hydrogens (primary N) is 1. The number of thiazole rings is 1. The third-order valence-corrected chi connectivity index (χ3v) is 4.47. The lowest BCUT2D eigenvalue weighted by Crippen LogP contribution is -2.32. The molecule has 3 N–H and O–H groups in total. The van der Waals surface area contributed by atoms with Gasteiger partial charge in [0.05, 0.1) is 12.2 Å². The van der Waals surface area contributed by atoms with Crippen LogP contribution in [0.5, 0.6) is 0 Å². The number of hydrogen-bond donors (Lipinski definition) is 2. The van der Waals surface area contributed by atoms with Gasteiger partial charge in [0, 0.05) is 30.2 Å². The van der Waals surface area contributed by atoms with Crippen LogP contribution < -0.4 is 11.1 Å². The fraction of sp³-hybridized carbons (Fsp3) is 0.412. The maximum atomic E-state index is 5.89. The Morgan fingerprint density at radius 1 is 1.33 bits per heavy atom. The summed E-state index contributed by atoms with van der Waals surface area (Å²) in [5.74, 6) is 0.468. The number of rotatable bonds is 8. The first kappa shape index (κ1) is 20.9. The van der Waals surface area contributed by atoms with Crippen LogP contribution in [0.3, 0.4) is 0 Å². The van der Waals surface area contributed by atoms with Crippen LogP contribution in [0.15, 0.2) is 35.3 Å². The molecule has 0 bridgehead atoms. The number of nitrogens with zero attached hydrogens (tertiary/aromatic N) is 2. The van der Waals surface area contributed by atoms with E-state index < -0.39 is 0 Å². The van der Waals surface area contributed by atoms with Gasteiger partial charge in [-0.05, 0) is 20.3 Å². The molecule has 0 aliphatic carbocycles. The average Bonchev–Trinajstić information content (AvgIpc) is 2.94. The molecule has 0 aliphatic heterocycles. The van der Waals surface area contributed by atoms with Gasteiger partial charge in [-0.3, -0.25) is 0 Å². The smallest absolute Gasteiger partial charge is 0.188 e. The summed E-state index contributed by atoms with van der Waals surface area (Å²) in [6.45, 7) is 6.82. The van der Waals surface area contributed by atoms with Gasteiger partial charge in [0.15, 0.2) is 5.96 Å². The van der Waals surface area contributed by atoms with Crippen LogP contribution in [0.2, 0.25) is 0 Å². The Balaban J connectivity index is 0.00000288. The monoisotopic (exact) mass is 460 g/mol. The second-order valence-electron chi connectivity index (χ2n) is 5.07. The van der Waals surface area contributed by atoms with Crippen LogP contribution in [0.1, 0.15) is 23.9 Å². The van der Waals surface area contributed by atoms with Gasteiger partial charge in [0.2, 0.25) is 0 Å². The molecule has 0 aliphatic rings. The van der Waals surface area contributed by atoms with Crippen LogP contribution in [0.4, 0.5) is 0 Å². The number of hydrogen-bond acceptors (Lipinski definition) is 4. The molecular formula is C17H25IN4OS. The Hall–Kier alpha value is -1.19. The summed E-state index contributed by atoms with van der Waals surface area (Å²) < 4.78 is 5.28. The van der Waals surface area contributed by atoms with Gasteiger partial charge in [-0.25, -0.2) is 9.98 Å². The molecule has 2 rings (SSSR count). The van der Waals surface area contributed by atoms with Crippen molar-refractivity contribution in [1.82, 2.24) is 10.3 Å². The van der Waals surface area contributed by atoms with Crippen LogP contribution >= 0.6 is 35.3 Å². The highest BCUT2D eigenvalue weighted by Gasteiger charge is 2.08. The Morgan fingerprint density at radius 2 is 2.08 bits per heavy atom. The average molecular weight is 460 g/mol. The van der Waals surface area contributed by atoms with Gasteiger partial charge in [0.1, 0.15) is 5.01 Å². The Bertz CT molecular complexity index is 631. The maximum absolute atomic E-state index is 5.89. The number of aryl methyl sites for hydroxylation is 1. The number of aromatic nitrogens is 1. The molecule has 0 radical (unpaired) electrons. The van der Waals surface area contributed by atoms with Gasteiger partial charge in [-0.1, -0.05) is 30.3 Å². The van der Waals surface area contributed by atoms with Crippen molar-refractivity contribution >= 4 is 41.3 Å². The molecule has 24 heavy (non-hydrogen) atoms. The van der Waals surface area contributed by atoms with Crippen molar-refractivity contribution < 1.29 is 4.74 Å². The fourth-order valence-corrected chi connectivity index (χ4v) is 3.02. The van der Waals surface area contributed by atoms with Gasteiger partial charge in [-0.15, -0.1) is 35.3 Å². The third kappa shape index (κ3) is 6.74. The minimum absolute atomic E-state index is 0. The van der Waals surface area contributed by atoms with Crippen molar-refractivity contribution in [2.75, 3.05) is 19.8 Å². The zero-order valence-electron chi connectivity index (χ0n) is 14.1. The van der Waals surface area contributed by atoms with Crippen LogP contribution in [-0.2, 0) is 11.3 Å². The van der Waals surface area contributed by atoms with E-state index in [1.807, 2.05) is 32.0 Å². The third-order valence-electron chi connectivity index (χ3n) is 3.28. The quantitative estimate of drug-likeness (QED) is 0.274. The van der Waals surface area contributed by atoms with Gasteiger partial charge >= 0.3 is 0 Å². The summed E-state index contributed by atoms with van der Waals surface area (Å²) in [4.78, 5) is 10.2. The number of guanidine groups is 1. The predicted molar refractivity (Wildman–Crippen MR) is 112 cm³/mol. The van der Waals surface area contributed by atoms with E-state index in [4.69, 9.17) is 10.5 Å². The topological polar surface area (TPSA) is 72.5 Å². The summed E-state index contributed by atoms with van der Waals surface area (Å²) in [5.41, 5.74) is 8.04. The van der Waals surface area contributed by atoms with Crippen LogP contribution in [0, 0.1) is 6.92 Å². The molecule has 7 heteroatoms. The lowest BCUT2D eigenvalue weighted by atomic mass is 10.2. The molecule has 0 atom stereocenters. The molecule has 0 saturated heterocycles. The zero-order chi connectivity index (χ0) is 16.5. The lowest BCUT2D eigenvalue weighted by molar-refractivity contribution is 0.145. The van der Waals surface area contributed by atoms with Crippen molar-refractivity contribution in [3.05, 3.63) is 40.9 Å². The second kappa shape index (κ2) is 11.4. The number of halogens is 1. The SMILES string of the molecule is CCOCCCNC(N)=NCc1sc(-c2ccccc2)nc1C.I. The lowest BCUT2D eigenvalue weighted by Gasteiger charge is -2.05. The molecule has 132 valence electrons. The highest BCUT2D eigenvalue weighted by Crippen LogP contribution is 2.28. The van der Waals surface area contributed by atoms with Gasteiger partial charge < -0.3 is 15.8 Å². The number of ether oxygens (including phenoxy) is 1. The Labute approximate surface area is 164 Å². The van der Waals surface area contributed by atoms with E-state index in [9.17, 15) is 0 Å². The second-order valence-corrected chi connectivity index (χ2v) is 6.16. The molecule has 5 nitrogen and oxygen atoms in total. The molecule has 0 spiro atoms. The van der Waals surface area contributed by atoms with Crippen LogP contribution in [0.25, 0.3) is 10.6 Å². The standard InChI is InChI=1S/C17H24N4OS.HI/c1-3-22-11-7-10-19-17(18)20-12-15-13(2)21-16(23-15)14-8-5-4-6-9-14;/h4-6,8-9H,3,7,10-12H2,1-2H3,(H3,18,19,20);1H. The molecule has 1 aromatic heterocycles. The number of benzene rings is 1. The molecule has 0 fully saturated rings. The fourth-order valence-electron chi connectivity index (χ4n) is 2.03. The molecule has 0 amide bonds. The minimum atomic E-state index is 0. The molecule has 1 aromatic carbocycles. The van der Waals surface area contributed by atoms with Gasteiger partial charge in [0.25, 0.3) is 0 Å². The van der Waals surface area contributed by atoms with E-state index >= 15 is 0 Å². The van der Waals surface area contributed by atoms with E-state index in [0.29, 0.717) is 12.5 Å². The van der Waals surface area contributed by atoms with Crippen molar-refractivity contribution in [3.63, 3.8) is 0 Å². The van der Waals surface area contributed by atoms with E-state index in [1.165, 1.54) is 0 Å². The van der Waals surface area contributed by atoms with Crippen molar-refractivity contribution in [2.24, 2.45) is 10.7 Å². The summed E-state index contributed by atoms with van der Waals surface area (Å²) in [7, 11) is 0. The largest absolute Gasteiger partial charge is 0.382 e. The van der Waals surface area contributed by atoms with Crippen molar-refractivity contribution in [3.8, 4) is 10.6 Å². The first-order valence-corrected chi connectivity index (χ1v) is 8.65. The van der Waals surface area contributed by atoms with E-state index in [1.54, 1.807) is 11.3 Å². The molecule has 0 saturated carbocycles. The first-order valence-electron chi connectivity index (χ1n) is 7.84. The maximum Gasteiger partial charge on any atom is 0.188 e. The first-order chi connectivity index (χ1) is 11.2. The number of nitrogens with one attached hydrogen (secondary N) is 1. The summed E-state index contributed by atoms with van der Waals surface area (Å²) in [6.07, 6.45) is 0.918. The van der Waals surface area contributed by atoms with E-state index in [0.717, 1.165) is 47.3 Å². The highest BCUT2D eigenvalue weighted by atomic mass is 127. The molecule has 1 heterocycles. The van der Waals surface area contributed by atoms with Crippen LogP contribution in [-0.4, -0.2) is 30.7 Å². The van der Waals surface area contributed by atoms with Crippen molar-refractivity contribution in [2.45, 2.75) is 26.8 Å². The molecule has 0 unspecified atom stereocenters. The highest BCUT2D eigenvalue weighted by molar-refractivity contribution is 14.0. The zero-order valence-corrected chi connectivity index (χ0v) is 17.3. The summed E-state index contributed by atoms with van der Waals surface area (Å²) in [5, 5.41) is 4.13. The molecule has 2 aromatic rings. The normalized spacial score (nSPS) is 11.2.